The number of unbranched alkanes of at least 4 members (excludes halogenated alkanes) is 1. The van der Waals surface area contributed by atoms with Crippen LogP contribution in [-0.2, 0) is 4.79 Å². The summed E-state index contributed by atoms with van der Waals surface area (Å²) in [5, 5.41) is 9.46. The third-order valence-electron chi connectivity index (χ3n) is 3.54. The number of carboxylic acids is 1. The Morgan fingerprint density at radius 1 is 1.00 bits per heavy atom. The normalized spacial score (nSPS) is 13.5. The van der Waals surface area contributed by atoms with Gasteiger partial charge in [-0.15, -0.1) is 0 Å². The van der Waals surface area contributed by atoms with Gasteiger partial charge in [0.25, 0.3) is 0 Å². The first-order chi connectivity index (χ1) is 8.88. The van der Waals surface area contributed by atoms with E-state index < -0.39 is 5.97 Å². The molecule has 114 valence electrons. The first-order valence-electron chi connectivity index (χ1n) is 7.85. The van der Waals surface area contributed by atoms with Crippen molar-refractivity contribution >= 4 is 5.97 Å². The minimum Gasteiger partial charge on any atom is -0.480 e. The van der Waals surface area contributed by atoms with E-state index in [4.69, 9.17) is 0 Å². The molecule has 1 atom stereocenters. The van der Waals surface area contributed by atoms with E-state index in [-0.39, 0.29) is 6.04 Å². The highest BCUT2D eigenvalue weighted by Gasteiger charge is 2.24. The first kappa shape index (κ1) is 18.4. The van der Waals surface area contributed by atoms with E-state index >= 15 is 0 Å². The maximum atomic E-state index is 11.5. The molecule has 0 bridgehead atoms. The summed E-state index contributed by atoms with van der Waals surface area (Å²) < 4.78 is 0. The monoisotopic (exact) mass is 271 g/mol. The molecule has 0 fully saturated rings. The van der Waals surface area contributed by atoms with E-state index in [1.165, 1.54) is 0 Å². The third-order valence-corrected chi connectivity index (χ3v) is 3.54. The van der Waals surface area contributed by atoms with Gasteiger partial charge in [-0.1, -0.05) is 47.5 Å². The largest absolute Gasteiger partial charge is 0.480 e. The zero-order valence-electron chi connectivity index (χ0n) is 13.5. The SMILES string of the molecule is CCCCC(C(=O)O)N(CCC(C)C)CCC(C)C. The second-order valence-corrected chi connectivity index (χ2v) is 6.40. The Kier molecular flexibility index (Phi) is 9.94. The molecule has 0 rings (SSSR count). The van der Waals surface area contributed by atoms with Crippen molar-refractivity contribution in [3.8, 4) is 0 Å². The highest BCUT2D eigenvalue weighted by atomic mass is 16.4. The summed E-state index contributed by atoms with van der Waals surface area (Å²) in [6.45, 7) is 12.7. The van der Waals surface area contributed by atoms with E-state index in [1.807, 2.05) is 0 Å². The predicted molar refractivity (Wildman–Crippen MR) is 81.4 cm³/mol. The molecule has 0 aromatic heterocycles. The van der Waals surface area contributed by atoms with Crippen molar-refractivity contribution in [1.82, 2.24) is 4.90 Å². The average molecular weight is 271 g/mol. The van der Waals surface area contributed by atoms with Crippen molar-refractivity contribution in [3.63, 3.8) is 0 Å². The summed E-state index contributed by atoms with van der Waals surface area (Å²) in [6, 6.07) is -0.294. The maximum absolute atomic E-state index is 11.5. The van der Waals surface area contributed by atoms with Crippen LogP contribution in [0.3, 0.4) is 0 Å². The van der Waals surface area contributed by atoms with Crippen molar-refractivity contribution in [2.45, 2.75) is 72.8 Å². The van der Waals surface area contributed by atoms with Gasteiger partial charge in [-0.3, -0.25) is 9.69 Å². The molecule has 0 aliphatic heterocycles. The summed E-state index contributed by atoms with van der Waals surface area (Å²) in [5.74, 6) is 0.602. The summed E-state index contributed by atoms with van der Waals surface area (Å²) >= 11 is 0. The molecule has 0 saturated heterocycles. The van der Waals surface area contributed by atoms with Crippen LogP contribution in [0.2, 0.25) is 0 Å². The average Bonchev–Trinajstić information content (AvgIpc) is 2.30. The van der Waals surface area contributed by atoms with Crippen molar-refractivity contribution < 1.29 is 9.90 Å². The number of carbonyl (C=O) groups is 1. The number of aliphatic carboxylic acids is 1. The van der Waals surface area contributed by atoms with Crippen LogP contribution in [0.5, 0.6) is 0 Å². The summed E-state index contributed by atoms with van der Waals surface area (Å²) in [6.07, 6.45) is 4.99. The molecule has 0 spiro atoms. The fourth-order valence-corrected chi connectivity index (χ4v) is 2.13. The lowest BCUT2D eigenvalue weighted by Gasteiger charge is -2.30. The topological polar surface area (TPSA) is 40.5 Å². The van der Waals surface area contributed by atoms with Crippen LogP contribution in [0, 0.1) is 11.8 Å². The van der Waals surface area contributed by atoms with Gasteiger partial charge in [0.05, 0.1) is 0 Å². The van der Waals surface area contributed by atoms with Crippen LogP contribution in [0.15, 0.2) is 0 Å². The van der Waals surface area contributed by atoms with Crippen molar-refractivity contribution in [3.05, 3.63) is 0 Å². The van der Waals surface area contributed by atoms with Crippen molar-refractivity contribution in [1.29, 1.82) is 0 Å². The molecule has 0 aliphatic carbocycles. The Bertz CT molecular complexity index is 227. The predicted octanol–water partition coefficient (Wildman–Crippen LogP) is 4.02. The van der Waals surface area contributed by atoms with Crippen LogP contribution < -0.4 is 0 Å². The van der Waals surface area contributed by atoms with Crippen LogP contribution in [0.4, 0.5) is 0 Å². The summed E-state index contributed by atoms with van der Waals surface area (Å²) in [7, 11) is 0. The molecule has 3 nitrogen and oxygen atoms in total. The molecule has 3 heteroatoms. The molecule has 0 amide bonds. The van der Waals surface area contributed by atoms with E-state index in [0.717, 1.165) is 45.2 Å². The molecule has 19 heavy (non-hydrogen) atoms. The highest BCUT2D eigenvalue weighted by Crippen LogP contribution is 2.14. The van der Waals surface area contributed by atoms with Crippen molar-refractivity contribution in [2.75, 3.05) is 13.1 Å². The van der Waals surface area contributed by atoms with Gasteiger partial charge in [0.2, 0.25) is 0 Å². The number of carboxylic acid groups (broad SMARTS) is 1. The minimum absolute atomic E-state index is 0.294. The number of rotatable bonds is 11. The van der Waals surface area contributed by atoms with Gasteiger partial charge < -0.3 is 5.11 Å². The van der Waals surface area contributed by atoms with Gasteiger partial charge in [-0.05, 0) is 44.2 Å². The Morgan fingerprint density at radius 2 is 1.47 bits per heavy atom. The summed E-state index contributed by atoms with van der Waals surface area (Å²) in [5.41, 5.74) is 0. The van der Waals surface area contributed by atoms with Gasteiger partial charge >= 0.3 is 5.97 Å². The Balaban J connectivity index is 4.56. The lowest BCUT2D eigenvalue weighted by atomic mass is 10.0. The van der Waals surface area contributed by atoms with E-state index in [1.54, 1.807) is 0 Å². The zero-order valence-corrected chi connectivity index (χ0v) is 13.5. The molecule has 0 aromatic rings. The van der Waals surface area contributed by atoms with Gasteiger partial charge in [0, 0.05) is 0 Å². The second-order valence-electron chi connectivity index (χ2n) is 6.40. The standard InChI is InChI=1S/C16H33NO2/c1-6-7-8-15(16(18)19)17(11-9-13(2)3)12-10-14(4)5/h13-15H,6-12H2,1-5H3,(H,18,19). The van der Waals surface area contributed by atoms with Crippen LogP contribution in [0.25, 0.3) is 0 Å². The van der Waals surface area contributed by atoms with Gasteiger partial charge in [-0.25, -0.2) is 0 Å². The molecule has 0 heterocycles. The fourth-order valence-electron chi connectivity index (χ4n) is 2.13. The summed E-state index contributed by atoms with van der Waals surface area (Å²) in [4.78, 5) is 13.7. The Hall–Kier alpha value is -0.570. The highest BCUT2D eigenvalue weighted by molar-refractivity contribution is 5.73. The van der Waals surface area contributed by atoms with Crippen molar-refractivity contribution in [2.24, 2.45) is 11.8 Å². The number of hydrogen-bond donors (Lipinski definition) is 1. The van der Waals surface area contributed by atoms with Crippen LogP contribution in [-0.4, -0.2) is 35.1 Å². The van der Waals surface area contributed by atoms with Gasteiger partial charge in [0.1, 0.15) is 6.04 Å². The molecule has 0 saturated carbocycles. The molecular weight excluding hydrogens is 238 g/mol. The quantitative estimate of drug-likeness (QED) is 0.617. The molecule has 0 aliphatic rings. The molecule has 0 radical (unpaired) electrons. The third kappa shape index (κ3) is 9.04. The Morgan fingerprint density at radius 3 is 1.79 bits per heavy atom. The molecule has 0 aromatic carbocycles. The molecule has 1 unspecified atom stereocenters. The van der Waals surface area contributed by atoms with E-state index in [2.05, 4.69) is 39.5 Å². The van der Waals surface area contributed by atoms with Gasteiger partial charge in [0.15, 0.2) is 0 Å². The Labute approximate surface area is 119 Å². The number of hydrogen-bond acceptors (Lipinski definition) is 2. The lowest BCUT2D eigenvalue weighted by molar-refractivity contribution is -0.143. The first-order valence-corrected chi connectivity index (χ1v) is 7.85. The lowest BCUT2D eigenvalue weighted by Crippen LogP contribution is -2.43. The fraction of sp³-hybridized carbons (Fsp3) is 0.938. The van der Waals surface area contributed by atoms with Crippen LogP contribution >= 0.6 is 0 Å². The van der Waals surface area contributed by atoms with Gasteiger partial charge in [-0.2, -0.15) is 0 Å². The molecule has 1 N–H and O–H groups in total. The maximum Gasteiger partial charge on any atom is 0.320 e. The van der Waals surface area contributed by atoms with E-state index in [0.29, 0.717) is 11.8 Å². The van der Waals surface area contributed by atoms with E-state index in [9.17, 15) is 9.90 Å². The zero-order chi connectivity index (χ0) is 14.8. The molecular formula is C16H33NO2. The smallest absolute Gasteiger partial charge is 0.320 e. The van der Waals surface area contributed by atoms with Crippen LogP contribution in [0.1, 0.15) is 66.7 Å². The second kappa shape index (κ2) is 10.2. The minimum atomic E-state index is -0.652. The number of nitrogens with zero attached hydrogens (tertiary/aromatic N) is 1.